The van der Waals surface area contributed by atoms with Gasteiger partial charge in [0, 0.05) is 5.92 Å². The molecule has 0 bridgehead atoms. The Balaban J connectivity index is 2.69. The van der Waals surface area contributed by atoms with Crippen LogP contribution >= 0.6 is 0 Å². The largest absolute Gasteiger partial charge is 0.273 e. The molecule has 2 rings (SSSR count). The van der Waals surface area contributed by atoms with Gasteiger partial charge in [0.15, 0.2) is 0 Å². The number of sulfonamides is 1. The molecule has 4 nitrogen and oxygen atoms in total. The van der Waals surface area contributed by atoms with Crippen LogP contribution in [0.25, 0.3) is 0 Å². The van der Waals surface area contributed by atoms with E-state index in [-0.39, 0.29) is 4.90 Å². The summed E-state index contributed by atoms with van der Waals surface area (Å²) in [6.07, 6.45) is 0. The van der Waals surface area contributed by atoms with Gasteiger partial charge in [-0.2, -0.15) is 0 Å². The number of hydrogen-bond acceptors (Lipinski definition) is 3. The maximum Gasteiger partial charge on any atom is 0.270 e. The molecule has 0 unspecified atom stereocenters. The first-order valence-corrected chi connectivity index (χ1v) is 8.90. The molecule has 0 N–H and O–H groups in total. The number of benzene rings is 2. The van der Waals surface area contributed by atoms with Gasteiger partial charge in [-0.1, -0.05) is 44.2 Å². The minimum Gasteiger partial charge on any atom is -0.273 e. The first kappa shape index (κ1) is 17.2. The Bertz CT molecular complexity index is 811. The first-order valence-electron chi connectivity index (χ1n) is 7.46. The van der Waals surface area contributed by atoms with Crippen molar-refractivity contribution in [2.75, 3.05) is 4.31 Å². The van der Waals surface area contributed by atoms with Crippen molar-refractivity contribution in [3.63, 3.8) is 0 Å². The third-order valence-electron chi connectivity index (χ3n) is 3.56. The zero-order valence-corrected chi connectivity index (χ0v) is 14.6. The van der Waals surface area contributed by atoms with E-state index in [2.05, 4.69) is 0 Å². The summed E-state index contributed by atoms with van der Waals surface area (Å²) >= 11 is 0. The highest BCUT2D eigenvalue weighted by atomic mass is 32.2. The van der Waals surface area contributed by atoms with Crippen LogP contribution in [0, 0.1) is 19.8 Å². The second-order valence-corrected chi connectivity index (χ2v) is 7.65. The molecule has 0 aliphatic rings. The second kappa shape index (κ2) is 6.54. The fourth-order valence-electron chi connectivity index (χ4n) is 2.24. The molecule has 1 amide bonds. The van der Waals surface area contributed by atoms with Gasteiger partial charge in [-0.3, -0.25) is 4.79 Å². The predicted octanol–water partition coefficient (Wildman–Crippen LogP) is 3.68. The molecule has 0 heterocycles. The van der Waals surface area contributed by atoms with Crippen molar-refractivity contribution in [3.05, 3.63) is 59.7 Å². The van der Waals surface area contributed by atoms with Crippen molar-refractivity contribution < 1.29 is 13.2 Å². The van der Waals surface area contributed by atoms with E-state index in [9.17, 15) is 13.2 Å². The van der Waals surface area contributed by atoms with E-state index >= 15 is 0 Å². The molecule has 0 radical (unpaired) electrons. The summed E-state index contributed by atoms with van der Waals surface area (Å²) < 4.78 is 27.0. The Morgan fingerprint density at radius 2 is 1.61 bits per heavy atom. The minimum atomic E-state index is -3.95. The highest BCUT2D eigenvalue weighted by Crippen LogP contribution is 2.29. The minimum absolute atomic E-state index is 0.106. The average molecular weight is 331 g/mol. The molecule has 23 heavy (non-hydrogen) atoms. The topological polar surface area (TPSA) is 54.5 Å². The van der Waals surface area contributed by atoms with Gasteiger partial charge >= 0.3 is 0 Å². The van der Waals surface area contributed by atoms with Crippen LogP contribution in [0.4, 0.5) is 5.69 Å². The number of carbonyl (C=O) groups is 1. The summed E-state index contributed by atoms with van der Waals surface area (Å²) in [6, 6.07) is 13.5. The zero-order valence-electron chi connectivity index (χ0n) is 13.8. The van der Waals surface area contributed by atoms with E-state index in [1.807, 2.05) is 19.1 Å². The lowest BCUT2D eigenvalue weighted by molar-refractivity contribution is -0.120. The van der Waals surface area contributed by atoms with Crippen LogP contribution < -0.4 is 4.31 Å². The van der Waals surface area contributed by atoms with Gasteiger partial charge in [0.2, 0.25) is 5.91 Å². The number of nitrogens with zero attached hydrogens (tertiary/aromatic N) is 1. The number of anilines is 1. The molecule has 0 aliphatic heterocycles. The second-order valence-electron chi connectivity index (χ2n) is 5.87. The summed E-state index contributed by atoms with van der Waals surface area (Å²) in [6.45, 7) is 7.06. The Morgan fingerprint density at radius 1 is 1.00 bits per heavy atom. The van der Waals surface area contributed by atoms with Gasteiger partial charge in [0.1, 0.15) is 0 Å². The lowest BCUT2D eigenvalue weighted by Crippen LogP contribution is -2.40. The van der Waals surface area contributed by atoms with Crippen molar-refractivity contribution in [2.45, 2.75) is 32.6 Å². The molecule has 122 valence electrons. The fourth-order valence-corrected chi connectivity index (χ4v) is 3.85. The zero-order chi connectivity index (χ0) is 17.2. The monoisotopic (exact) mass is 331 g/mol. The summed E-state index contributed by atoms with van der Waals surface area (Å²) in [5.41, 5.74) is 2.05. The number of aryl methyl sites for hydroxylation is 2. The normalized spacial score (nSPS) is 11.5. The fraction of sp³-hybridized carbons (Fsp3) is 0.278. The van der Waals surface area contributed by atoms with Crippen LogP contribution in [0.2, 0.25) is 0 Å². The molecule has 0 saturated heterocycles. The van der Waals surface area contributed by atoms with Gasteiger partial charge in [-0.05, 0) is 43.2 Å². The van der Waals surface area contributed by atoms with Crippen molar-refractivity contribution in [1.29, 1.82) is 0 Å². The van der Waals surface area contributed by atoms with E-state index in [0.29, 0.717) is 5.69 Å². The van der Waals surface area contributed by atoms with E-state index in [1.54, 1.807) is 45.0 Å². The standard InChI is InChI=1S/C18H21NO3S/c1-13(2)18(20)19(17-12-14(3)10-11-15(17)4)23(21,22)16-8-6-5-7-9-16/h5-13H,1-4H3. The summed E-state index contributed by atoms with van der Waals surface area (Å²) in [5, 5.41) is 0. The molecule has 2 aromatic rings. The van der Waals surface area contributed by atoms with Crippen LogP contribution in [0.15, 0.2) is 53.4 Å². The van der Waals surface area contributed by atoms with E-state index < -0.39 is 21.8 Å². The molecular formula is C18H21NO3S. The molecule has 0 atom stereocenters. The lowest BCUT2D eigenvalue weighted by Gasteiger charge is -2.26. The summed E-state index contributed by atoms with van der Waals surface area (Å²) in [4.78, 5) is 12.8. The van der Waals surface area contributed by atoms with Crippen molar-refractivity contribution in [2.24, 2.45) is 5.92 Å². The quantitative estimate of drug-likeness (QED) is 0.859. The Hall–Kier alpha value is -2.14. The SMILES string of the molecule is Cc1ccc(C)c(N(C(=O)C(C)C)S(=O)(=O)c2ccccc2)c1. The maximum atomic E-state index is 13.0. The van der Waals surface area contributed by atoms with Crippen LogP contribution in [0.1, 0.15) is 25.0 Å². The molecule has 2 aromatic carbocycles. The number of hydrogen-bond donors (Lipinski definition) is 0. The Labute approximate surface area is 137 Å². The highest BCUT2D eigenvalue weighted by molar-refractivity contribution is 7.93. The van der Waals surface area contributed by atoms with Crippen molar-refractivity contribution >= 4 is 21.6 Å². The van der Waals surface area contributed by atoms with Crippen molar-refractivity contribution in [3.8, 4) is 0 Å². The van der Waals surface area contributed by atoms with E-state index in [0.717, 1.165) is 15.4 Å². The van der Waals surface area contributed by atoms with Gasteiger partial charge in [0.05, 0.1) is 10.6 Å². The van der Waals surface area contributed by atoms with Gasteiger partial charge in [-0.25, -0.2) is 12.7 Å². The van der Waals surface area contributed by atoms with Gasteiger partial charge in [0.25, 0.3) is 10.0 Å². The van der Waals surface area contributed by atoms with Crippen LogP contribution in [0.3, 0.4) is 0 Å². The van der Waals surface area contributed by atoms with E-state index in [4.69, 9.17) is 0 Å². The maximum absolute atomic E-state index is 13.0. The Kier molecular flexibility index (Phi) is 4.90. The summed E-state index contributed by atoms with van der Waals surface area (Å²) in [7, 11) is -3.95. The van der Waals surface area contributed by atoms with E-state index in [1.165, 1.54) is 12.1 Å². The smallest absolute Gasteiger partial charge is 0.270 e. The lowest BCUT2D eigenvalue weighted by atomic mass is 10.1. The van der Waals surface area contributed by atoms with Gasteiger partial charge in [-0.15, -0.1) is 0 Å². The first-order chi connectivity index (χ1) is 10.7. The van der Waals surface area contributed by atoms with Crippen LogP contribution in [-0.4, -0.2) is 14.3 Å². The third-order valence-corrected chi connectivity index (χ3v) is 5.28. The summed E-state index contributed by atoms with van der Waals surface area (Å²) in [5.74, 6) is -0.879. The van der Waals surface area contributed by atoms with Crippen LogP contribution in [-0.2, 0) is 14.8 Å². The molecule has 0 spiro atoms. The van der Waals surface area contributed by atoms with Crippen molar-refractivity contribution in [1.82, 2.24) is 0 Å². The number of carbonyl (C=O) groups excluding carboxylic acids is 1. The molecule has 5 heteroatoms. The molecular weight excluding hydrogens is 310 g/mol. The molecule has 0 aliphatic carbocycles. The third kappa shape index (κ3) is 3.45. The Morgan fingerprint density at radius 3 is 2.17 bits per heavy atom. The molecule has 0 aromatic heterocycles. The number of rotatable bonds is 4. The average Bonchev–Trinajstić information content (AvgIpc) is 2.51. The number of amides is 1. The molecule has 0 saturated carbocycles. The molecule has 0 fully saturated rings. The highest BCUT2D eigenvalue weighted by Gasteiger charge is 2.33. The van der Waals surface area contributed by atoms with Crippen LogP contribution in [0.5, 0.6) is 0 Å². The van der Waals surface area contributed by atoms with Gasteiger partial charge < -0.3 is 0 Å². The predicted molar refractivity (Wildman–Crippen MR) is 91.9 cm³/mol.